The number of ether oxygens (including phenoxy) is 1. The van der Waals surface area contributed by atoms with Crippen molar-refractivity contribution in [1.29, 1.82) is 0 Å². The van der Waals surface area contributed by atoms with Crippen molar-refractivity contribution in [1.82, 2.24) is 4.90 Å². The molecule has 1 saturated heterocycles. The van der Waals surface area contributed by atoms with E-state index in [2.05, 4.69) is 4.90 Å². The third-order valence-electron chi connectivity index (χ3n) is 2.80. The molecule has 0 aromatic rings. The van der Waals surface area contributed by atoms with E-state index in [1.165, 1.54) is 0 Å². The molecule has 1 aliphatic heterocycles. The first-order chi connectivity index (χ1) is 7.07. The van der Waals surface area contributed by atoms with E-state index in [9.17, 15) is 8.42 Å². The highest BCUT2D eigenvalue weighted by molar-refractivity contribution is 7.91. The zero-order valence-electron chi connectivity index (χ0n) is 9.18. The summed E-state index contributed by atoms with van der Waals surface area (Å²) in [5.74, 6) is 0.570. The Balaban J connectivity index is 2.24. The average molecular weight is 236 g/mol. The molecule has 0 aliphatic carbocycles. The van der Waals surface area contributed by atoms with Gasteiger partial charge in [-0.2, -0.15) is 0 Å². The second-order valence-corrected chi connectivity index (χ2v) is 6.18. The van der Waals surface area contributed by atoms with Gasteiger partial charge < -0.3 is 15.4 Å². The van der Waals surface area contributed by atoms with Crippen LogP contribution in [0.1, 0.15) is 6.42 Å². The minimum absolute atomic E-state index is 0.0866. The van der Waals surface area contributed by atoms with Crippen LogP contribution in [0.25, 0.3) is 0 Å². The van der Waals surface area contributed by atoms with E-state index in [0.717, 1.165) is 13.0 Å². The molecule has 0 aromatic heterocycles. The Bertz CT molecular complexity index is 261. The predicted octanol–water partition coefficient (Wildman–Crippen LogP) is -0.919. The molecule has 1 aliphatic rings. The van der Waals surface area contributed by atoms with E-state index in [-0.39, 0.29) is 17.6 Å². The molecular weight excluding hydrogens is 216 g/mol. The van der Waals surface area contributed by atoms with E-state index in [1.54, 1.807) is 7.11 Å². The van der Waals surface area contributed by atoms with Crippen LogP contribution in [0.15, 0.2) is 0 Å². The van der Waals surface area contributed by atoms with Gasteiger partial charge in [0.15, 0.2) is 9.84 Å². The first-order valence-electron chi connectivity index (χ1n) is 5.23. The SMILES string of the molecule is COC(CN)CCN1CCS(=O)(=O)CC1. The number of sulfone groups is 1. The van der Waals surface area contributed by atoms with Gasteiger partial charge in [0, 0.05) is 33.3 Å². The Morgan fingerprint density at radius 3 is 2.47 bits per heavy atom. The standard InChI is InChI=1S/C9H20N2O3S/c1-14-9(8-10)2-3-11-4-6-15(12,13)7-5-11/h9H,2-8,10H2,1H3. The average Bonchev–Trinajstić information content (AvgIpc) is 2.21. The van der Waals surface area contributed by atoms with Gasteiger partial charge in [0.2, 0.25) is 0 Å². The first-order valence-corrected chi connectivity index (χ1v) is 7.05. The molecule has 1 atom stereocenters. The molecule has 1 unspecified atom stereocenters. The summed E-state index contributed by atoms with van der Waals surface area (Å²) in [7, 11) is -1.11. The summed E-state index contributed by atoms with van der Waals surface area (Å²) < 4.78 is 27.5. The molecule has 1 fully saturated rings. The lowest BCUT2D eigenvalue weighted by atomic mass is 10.2. The lowest BCUT2D eigenvalue weighted by molar-refractivity contribution is 0.0906. The maximum Gasteiger partial charge on any atom is 0.152 e. The number of nitrogens with two attached hydrogens (primary N) is 1. The van der Waals surface area contributed by atoms with Gasteiger partial charge in [-0.1, -0.05) is 0 Å². The third-order valence-corrected chi connectivity index (χ3v) is 4.41. The highest BCUT2D eigenvalue weighted by atomic mass is 32.2. The van der Waals surface area contributed by atoms with E-state index in [1.807, 2.05) is 0 Å². The highest BCUT2D eigenvalue weighted by Crippen LogP contribution is 2.05. The zero-order chi connectivity index (χ0) is 11.3. The molecule has 0 aromatic carbocycles. The van der Waals surface area contributed by atoms with E-state index < -0.39 is 9.84 Å². The Morgan fingerprint density at radius 2 is 2.00 bits per heavy atom. The minimum atomic E-state index is -2.76. The molecule has 0 amide bonds. The Kier molecular flexibility index (Phi) is 4.98. The quantitative estimate of drug-likeness (QED) is 0.668. The Hall–Kier alpha value is -0.170. The summed E-state index contributed by atoms with van der Waals surface area (Å²) in [5.41, 5.74) is 5.50. The summed E-state index contributed by atoms with van der Waals surface area (Å²) in [6, 6.07) is 0. The second-order valence-electron chi connectivity index (χ2n) is 3.88. The maximum atomic E-state index is 11.2. The smallest absolute Gasteiger partial charge is 0.152 e. The van der Waals surface area contributed by atoms with Crippen LogP contribution >= 0.6 is 0 Å². The van der Waals surface area contributed by atoms with Crippen molar-refractivity contribution in [2.75, 3.05) is 44.8 Å². The molecule has 90 valence electrons. The molecule has 0 radical (unpaired) electrons. The fourth-order valence-electron chi connectivity index (χ4n) is 1.63. The summed E-state index contributed by atoms with van der Waals surface area (Å²) in [6.45, 7) is 2.67. The van der Waals surface area contributed by atoms with Crippen molar-refractivity contribution in [2.45, 2.75) is 12.5 Å². The van der Waals surface area contributed by atoms with Crippen LogP contribution in [0.5, 0.6) is 0 Å². The van der Waals surface area contributed by atoms with Crippen LogP contribution in [-0.4, -0.2) is 64.2 Å². The number of hydrogen-bond acceptors (Lipinski definition) is 5. The van der Waals surface area contributed by atoms with Crippen molar-refractivity contribution in [3.63, 3.8) is 0 Å². The molecule has 0 bridgehead atoms. The van der Waals surface area contributed by atoms with Crippen LogP contribution in [-0.2, 0) is 14.6 Å². The number of nitrogens with zero attached hydrogens (tertiary/aromatic N) is 1. The summed E-state index contributed by atoms with van der Waals surface area (Å²) in [6.07, 6.45) is 0.955. The van der Waals surface area contributed by atoms with Gasteiger partial charge in [0.25, 0.3) is 0 Å². The van der Waals surface area contributed by atoms with Crippen LogP contribution < -0.4 is 5.73 Å². The molecule has 1 rings (SSSR count). The molecule has 2 N–H and O–H groups in total. The van der Waals surface area contributed by atoms with E-state index >= 15 is 0 Å². The zero-order valence-corrected chi connectivity index (χ0v) is 10.0. The van der Waals surface area contributed by atoms with Crippen LogP contribution in [0, 0.1) is 0 Å². The van der Waals surface area contributed by atoms with Crippen LogP contribution in [0.4, 0.5) is 0 Å². The lowest BCUT2D eigenvalue weighted by Crippen LogP contribution is -2.42. The van der Waals surface area contributed by atoms with Crippen LogP contribution in [0.3, 0.4) is 0 Å². The molecule has 0 spiro atoms. The van der Waals surface area contributed by atoms with Gasteiger partial charge in [-0.3, -0.25) is 0 Å². The van der Waals surface area contributed by atoms with Gasteiger partial charge in [-0.25, -0.2) is 8.42 Å². The molecular formula is C9H20N2O3S. The van der Waals surface area contributed by atoms with Crippen molar-refractivity contribution in [3.8, 4) is 0 Å². The topological polar surface area (TPSA) is 72.6 Å². The van der Waals surface area contributed by atoms with Crippen LogP contribution in [0.2, 0.25) is 0 Å². The van der Waals surface area contributed by atoms with Gasteiger partial charge in [-0.05, 0) is 6.42 Å². The van der Waals surface area contributed by atoms with Gasteiger partial charge >= 0.3 is 0 Å². The number of hydrogen-bond donors (Lipinski definition) is 1. The van der Waals surface area contributed by atoms with Crippen molar-refractivity contribution in [3.05, 3.63) is 0 Å². The lowest BCUT2D eigenvalue weighted by Gasteiger charge is -2.27. The second kappa shape index (κ2) is 5.79. The fraction of sp³-hybridized carbons (Fsp3) is 1.00. The first kappa shape index (κ1) is 12.9. The third kappa shape index (κ3) is 4.46. The van der Waals surface area contributed by atoms with Gasteiger partial charge in [0.05, 0.1) is 17.6 Å². The van der Waals surface area contributed by atoms with Crippen molar-refractivity contribution >= 4 is 9.84 Å². The molecule has 0 saturated carbocycles. The van der Waals surface area contributed by atoms with Gasteiger partial charge in [-0.15, -0.1) is 0 Å². The molecule has 5 nitrogen and oxygen atoms in total. The van der Waals surface area contributed by atoms with E-state index in [4.69, 9.17) is 10.5 Å². The van der Waals surface area contributed by atoms with Gasteiger partial charge in [0.1, 0.15) is 0 Å². The monoisotopic (exact) mass is 236 g/mol. The summed E-state index contributed by atoms with van der Waals surface area (Å²) in [4.78, 5) is 2.16. The minimum Gasteiger partial charge on any atom is -0.380 e. The normalized spacial score (nSPS) is 23.9. The number of methoxy groups -OCH3 is 1. The Morgan fingerprint density at radius 1 is 1.40 bits per heavy atom. The molecule has 6 heteroatoms. The molecule has 1 heterocycles. The summed E-state index contributed by atoms with van der Waals surface area (Å²) in [5, 5.41) is 0. The maximum absolute atomic E-state index is 11.2. The fourth-order valence-corrected chi connectivity index (χ4v) is 2.91. The summed E-state index contributed by atoms with van der Waals surface area (Å²) >= 11 is 0. The highest BCUT2D eigenvalue weighted by Gasteiger charge is 2.21. The van der Waals surface area contributed by atoms with E-state index in [0.29, 0.717) is 19.6 Å². The molecule has 15 heavy (non-hydrogen) atoms. The predicted molar refractivity (Wildman–Crippen MR) is 59.6 cm³/mol. The largest absolute Gasteiger partial charge is 0.380 e. The van der Waals surface area contributed by atoms with Crippen molar-refractivity contribution < 1.29 is 13.2 Å². The number of rotatable bonds is 5. The van der Waals surface area contributed by atoms with Crippen molar-refractivity contribution in [2.24, 2.45) is 5.73 Å². The Labute approximate surface area is 91.5 Å².